The molecule has 21 heavy (non-hydrogen) atoms. The third-order valence-electron chi connectivity index (χ3n) is 3.05. The highest BCUT2D eigenvalue weighted by atomic mass is 32.2. The summed E-state index contributed by atoms with van der Waals surface area (Å²) in [7, 11) is -1.92. The van der Waals surface area contributed by atoms with Crippen LogP contribution in [-0.4, -0.2) is 31.3 Å². The molecule has 0 fully saturated rings. The number of hydrogen-bond acceptors (Lipinski definition) is 5. The highest BCUT2D eigenvalue weighted by Crippen LogP contribution is 2.18. The smallest absolute Gasteiger partial charge is 0.243 e. The van der Waals surface area contributed by atoms with Gasteiger partial charge in [-0.2, -0.15) is 4.31 Å². The summed E-state index contributed by atoms with van der Waals surface area (Å²) in [6, 6.07) is 7.04. The van der Waals surface area contributed by atoms with Crippen LogP contribution in [0.15, 0.2) is 40.1 Å². The standard InChI is InChI=1S/C14H19N3O2S2/c1-3-15-8-12-5-4-6-14(7-12)21(18,19)17(2)9-13-10-20-11-16-13/h4-7,10-11,15H,3,8-9H2,1-2H3. The fourth-order valence-electron chi connectivity index (χ4n) is 1.89. The van der Waals surface area contributed by atoms with Crippen molar-refractivity contribution in [2.45, 2.75) is 24.9 Å². The molecule has 0 saturated heterocycles. The molecular formula is C14H19N3O2S2. The average molecular weight is 325 g/mol. The van der Waals surface area contributed by atoms with E-state index in [1.807, 2.05) is 18.4 Å². The third kappa shape index (κ3) is 4.10. The zero-order chi connectivity index (χ0) is 15.3. The van der Waals surface area contributed by atoms with E-state index in [1.54, 1.807) is 30.8 Å². The van der Waals surface area contributed by atoms with E-state index < -0.39 is 10.0 Å². The van der Waals surface area contributed by atoms with Gasteiger partial charge in [0, 0.05) is 19.0 Å². The van der Waals surface area contributed by atoms with Gasteiger partial charge in [-0.3, -0.25) is 0 Å². The quantitative estimate of drug-likeness (QED) is 0.846. The molecule has 0 amide bonds. The van der Waals surface area contributed by atoms with E-state index in [0.29, 0.717) is 11.4 Å². The van der Waals surface area contributed by atoms with Crippen molar-refractivity contribution in [1.29, 1.82) is 0 Å². The van der Waals surface area contributed by atoms with Crippen LogP contribution >= 0.6 is 11.3 Å². The number of nitrogens with zero attached hydrogens (tertiary/aromatic N) is 2. The monoisotopic (exact) mass is 325 g/mol. The summed E-state index contributed by atoms with van der Waals surface area (Å²) in [5.41, 5.74) is 3.42. The maximum absolute atomic E-state index is 12.6. The first-order chi connectivity index (χ1) is 10.0. The molecule has 0 atom stereocenters. The van der Waals surface area contributed by atoms with Crippen molar-refractivity contribution >= 4 is 21.4 Å². The lowest BCUT2D eigenvalue weighted by atomic mass is 10.2. The fourth-order valence-corrected chi connectivity index (χ4v) is 3.66. The molecule has 0 aliphatic heterocycles. The predicted molar refractivity (Wildman–Crippen MR) is 84.6 cm³/mol. The zero-order valence-corrected chi connectivity index (χ0v) is 13.7. The van der Waals surface area contributed by atoms with Crippen molar-refractivity contribution in [3.63, 3.8) is 0 Å². The van der Waals surface area contributed by atoms with E-state index in [2.05, 4.69) is 10.3 Å². The van der Waals surface area contributed by atoms with Crippen LogP contribution in [0.4, 0.5) is 0 Å². The van der Waals surface area contributed by atoms with Crippen LogP contribution in [0, 0.1) is 0 Å². The van der Waals surface area contributed by atoms with E-state index >= 15 is 0 Å². The lowest BCUT2D eigenvalue weighted by Crippen LogP contribution is -2.26. The van der Waals surface area contributed by atoms with Gasteiger partial charge in [-0.15, -0.1) is 11.3 Å². The Hall–Kier alpha value is -1.28. The number of sulfonamides is 1. The summed E-state index contributed by atoms with van der Waals surface area (Å²) in [6.07, 6.45) is 0. The first kappa shape index (κ1) is 16.1. The lowest BCUT2D eigenvalue weighted by Gasteiger charge is -2.16. The van der Waals surface area contributed by atoms with Gasteiger partial charge in [-0.1, -0.05) is 19.1 Å². The van der Waals surface area contributed by atoms with E-state index in [-0.39, 0.29) is 6.54 Å². The van der Waals surface area contributed by atoms with Crippen LogP contribution in [0.5, 0.6) is 0 Å². The normalized spacial score (nSPS) is 12.0. The molecule has 2 aromatic rings. The lowest BCUT2D eigenvalue weighted by molar-refractivity contribution is 0.463. The second-order valence-corrected chi connectivity index (χ2v) is 7.43. The van der Waals surface area contributed by atoms with Gasteiger partial charge in [-0.25, -0.2) is 13.4 Å². The van der Waals surface area contributed by atoms with E-state index in [4.69, 9.17) is 0 Å². The number of rotatable bonds is 7. The minimum absolute atomic E-state index is 0.281. The minimum Gasteiger partial charge on any atom is -0.313 e. The number of hydrogen-bond donors (Lipinski definition) is 1. The zero-order valence-electron chi connectivity index (χ0n) is 12.1. The molecule has 0 aliphatic rings. The van der Waals surface area contributed by atoms with Gasteiger partial charge >= 0.3 is 0 Å². The van der Waals surface area contributed by atoms with Crippen LogP contribution < -0.4 is 5.32 Å². The Bertz CT molecular complexity index is 669. The topological polar surface area (TPSA) is 62.3 Å². The van der Waals surface area contributed by atoms with Crippen molar-refractivity contribution in [3.05, 3.63) is 46.4 Å². The Morgan fingerprint density at radius 3 is 2.86 bits per heavy atom. The van der Waals surface area contributed by atoms with Crippen LogP contribution in [0.3, 0.4) is 0 Å². The van der Waals surface area contributed by atoms with E-state index in [9.17, 15) is 8.42 Å². The van der Waals surface area contributed by atoms with Gasteiger partial charge < -0.3 is 5.32 Å². The van der Waals surface area contributed by atoms with Crippen molar-refractivity contribution in [1.82, 2.24) is 14.6 Å². The summed E-state index contributed by atoms with van der Waals surface area (Å²) < 4.78 is 26.5. The highest BCUT2D eigenvalue weighted by Gasteiger charge is 2.21. The van der Waals surface area contributed by atoms with Crippen molar-refractivity contribution in [2.75, 3.05) is 13.6 Å². The second kappa shape index (κ2) is 7.13. The molecule has 2 rings (SSSR count). The minimum atomic E-state index is -3.49. The summed E-state index contributed by atoms with van der Waals surface area (Å²) in [6.45, 7) is 3.81. The molecule has 0 unspecified atom stereocenters. The molecule has 1 aromatic heterocycles. The molecular weight excluding hydrogens is 306 g/mol. The molecule has 5 nitrogen and oxygen atoms in total. The largest absolute Gasteiger partial charge is 0.313 e. The maximum atomic E-state index is 12.6. The van der Waals surface area contributed by atoms with Crippen LogP contribution in [-0.2, 0) is 23.1 Å². The average Bonchev–Trinajstić information content (AvgIpc) is 2.98. The Balaban J connectivity index is 2.18. The third-order valence-corrected chi connectivity index (χ3v) is 5.49. The molecule has 0 radical (unpaired) electrons. The highest BCUT2D eigenvalue weighted by molar-refractivity contribution is 7.89. The number of benzene rings is 1. The summed E-state index contributed by atoms with van der Waals surface area (Å²) in [5.74, 6) is 0. The second-order valence-electron chi connectivity index (χ2n) is 4.67. The van der Waals surface area contributed by atoms with E-state index in [0.717, 1.165) is 17.8 Å². The molecule has 1 N–H and O–H groups in total. The van der Waals surface area contributed by atoms with E-state index in [1.165, 1.54) is 15.6 Å². The Kier molecular flexibility index (Phi) is 5.46. The van der Waals surface area contributed by atoms with Gasteiger partial charge in [0.05, 0.1) is 22.6 Å². The Morgan fingerprint density at radius 1 is 1.38 bits per heavy atom. The van der Waals surface area contributed by atoms with Gasteiger partial charge in [0.2, 0.25) is 10.0 Å². The SMILES string of the molecule is CCNCc1cccc(S(=O)(=O)N(C)Cc2cscn2)c1. The van der Waals surface area contributed by atoms with Crippen LogP contribution in [0.25, 0.3) is 0 Å². The van der Waals surface area contributed by atoms with Crippen LogP contribution in [0.2, 0.25) is 0 Å². The summed E-state index contributed by atoms with van der Waals surface area (Å²) in [5, 5.41) is 5.05. The summed E-state index contributed by atoms with van der Waals surface area (Å²) in [4.78, 5) is 4.44. The number of nitrogens with one attached hydrogen (secondary N) is 1. The van der Waals surface area contributed by atoms with Gasteiger partial charge in [0.25, 0.3) is 0 Å². The van der Waals surface area contributed by atoms with Crippen molar-refractivity contribution in [3.8, 4) is 0 Å². The van der Waals surface area contributed by atoms with Gasteiger partial charge in [0.15, 0.2) is 0 Å². The molecule has 1 aromatic carbocycles. The molecule has 7 heteroatoms. The number of aromatic nitrogens is 1. The molecule has 1 heterocycles. The maximum Gasteiger partial charge on any atom is 0.243 e. The van der Waals surface area contributed by atoms with Crippen molar-refractivity contribution in [2.24, 2.45) is 0 Å². The summed E-state index contributed by atoms with van der Waals surface area (Å²) >= 11 is 1.46. The van der Waals surface area contributed by atoms with Crippen LogP contribution in [0.1, 0.15) is 18.2 Å². The predicted octanol–water partition coefficient (Wildman–Crippen LogP) is 2.07. The first-order valence-corrected chi connectivity index (χ1v) is 9.05. The fraction of sp³-hybridized carbons (Fsp3) is 0.357. The van der Waals surface area contributed by atoms with Crippen molar-refractivity contribution < 1.29 is 8.42 Å². The molecule has 0 aliphatic carbocycles. The Labute approximate surface area is 129 Å². The molecule has 114 valence electrons. The first-order valence-electron chi connectivity index (χ1n) is 6.67. The molecule has 0 saturated carbocycles. The van der Waals surface area contributed by atoms with Gasteiger partial charge in [0.1, 0.15) is 0 Å². The Morgan fingerprint density at radius 2 is 2.19 bits per heavy atom. The molecule has 0 spiro atoms. The van der Waals surface area contributed by atoms with Gasteiger partial charge in [-0.05, 0) is 24.2 Å². The molecule has 0 bridgehead atoms. The number of thiazole rings is 1.